The number of hydrogen-bond donors (Lipinski definition) is 0. The fraction of sp³-hybridized carbons (Fsp3) is 0.636. The van der Waals surface area contributed by atoms with E-state index in [0.717, 1.165) is 24.0 Å². The van der Waals surface area contributed by atoms with Crippen molar-refractivity contribution >= 4 is 0 Å². The Bertz CT molecular complexity index is 238. The first-order valence-electron chi connectivity index (χ1n) is 4.49. The first-order valence-corrected chi connectivity index (χ1v) is 4.49. The van der Waals surface area contributed by atoms with Crippen molar-refractivity contribution < 1.29 is 4.39 Å². The van der Waals surface area contributed by atoms with E-state index < -0.39 is 0 Å². The van der Waals surface area contributed by atoms with Gasteiger partial charge in [0.1, 0.15) is 5.83 Å². The van der Waals surface area contributed by atoms with Crippen LogP contribution in [0.3, 0.4) is 0 Å². The van der Waals surface area contributed by atoms with Gasteiger partial charge in [0, 0.05) is 0 Å². The maximum atomic E-state index is 13.5. The molecule has 1 heteroatoms. The third-order valence-electron chi connectivity index (χ3n) is 2.29. The summed E-state index contributed by atoms with van der Waals surface area (Å²) in [5.41, 5.74) is 1.74. The van der Waals surface area contributed by atoms with E-state index in [1.165, 1.54) is 0 Å². The van der Waals surface area contributed by atoms with Gasteiger partial charge in [-0.2, -0.15) is 0 Å². The quantitative estimate of drug-likeness (QED) is 0.513. The van der Waals surface area contributed by atoms with E-state index in [1.54, 1.807) is 0 Å². The Morgan fingerprint density at radius 1 is 1.33 bits per heavy atom. The second kappa shape index (κ2) is 3.04. The minimum atomic E-state index is -0.0498. The van der Waals surface area contributed by atoms with Gasteiger partial charge in [0.05, 0.1) is 0 Å². The van der Waals surface area contributed by atoms with Crippen molar-refractivity contribution in [2.24, 2.45) is 5.41 Å². The van der Waals surface area contributed by atoms with E-state index in [0.29, 0.717) is 0 Å². The largest absolute Gasteiger partial charge is 0.207 e. The molecule has 0 aromatic carbocycles. The van der Waals surface area contributed by atoms with E-state index in [2.05, 4.69) is 20.8 Å². The van der Waals surface area contributed by atoms with Gasteiger partial charge >= 0.3 is 0 Å². The van der Waals surface area contributed by atoms with Gasteiger partial charge in [-0.05, 0) is 36.3 Å². The number of rotatable bonds is 0. The standard InChI is InChI=1S/C11H17F/c1-8-6-5-7-9(10(8)12)11(2,3)4/h7H,5-6H2,1-4H3. The molecule has 1 aliphatic carbocycles. The molecular formula is C11H17F. The molecule has 0 amide bonds. The van der Waals surface area contributed by atoms with Crippen LogP contribution in [0.4, 0.5) is 4.39 Å². The van der Waals surface area contributed by atoms with Gasteiger partial charge in [0.2, 0.25) is 0 Å². The van der Waals surface area contributed by atoms with Crippen molar-refractivity contribution in [3.8, 4) is 0 Å². The van der Waals surface area contributed by atoms with Crippen LogP contribution in [0.5, 0.6) is 0 Å². The maximum absolute atomic E-state index is 13.5. The molecule has 12 heavy (non-hydrogen) atoms. The highest BCUT2D eigenvalue weighted by molar-refractivity contribution is 5.36. The van der Waals surface area contributed by atoms with E-state index in [4.69, 9.17) is 0 Å². The molecule has 1 rings (SSSR count). The average Bonchev–Trinajstić information content (AvgIpc) is 1.92. The molecule has 0 bridgehead atoms. The SMILES string of the molecule is CC1=C(F)C(C(C)(C)C)=CCC1. The van der Waals surface area contributed by atoms with E-state index in [-0.39, 0.29) is 11.2 Å². The van der Waals surface area contributed by atoms with Crippen LogP contribution in [0.15, 0.2) is 23.0 Å². The molecule has 0 fully saturated rings. The van der Waals surface area contributed by atoms with Crippen LogP contribution in [-0.4, -0.2) is 0 Å². The molecule has 0 atom stereocenters. The normalized spacial score (nSPS) is 19.6. The lowest BCUT2D eigenvalue weighted by Crippen LogP contribution is -2.13. The van der Waals surface area contributed by atoms with Crippen molar-refractivity contribution in [2.75, 3.05) is 0 Å². The zero-order chi connectivity index (χ0) is 9.35. The van der Waals surface area contributed by atoms with Gasteiger partial charge in [0.25, 0.3) is 0 Å². The molecule has 0 heterocycles. The predicted molar refractivity (Wildman–Crippen MR) is 50.6 cm³/mol. The summed E-state index contributed by atoms with van der Waals surface area (Å²) in [5.74, 6) is 0.0220. The lowest BCUT2D eigenvalue weighted by atomic mass is 9.81. The Labute approximate surface area is 74.2 Å². The second-order valence-corrected chi connectivity index (χ2v) is 4.50. The van der Waals surface area contributed by atoms with Crippen LogP contribution >= 0.6 is 0 Å². The van der Waals surface area contributed by atoms with Crippen molar-refractivity contribution in [3.05, 3.63) is 23.0 Å². The molecule has 0 radical (unpaired) electrons. The van der Waals surface area contributed by atoms with Gasteiger partial charge in [-0.1, -0.05) is 26.8 Å². The first-order chi connectivity index (χ1) is 5.43. The van der Waals surface area contributed by atoms with Crippen molar-refractivity contribution in [2.45, 2.75) is 40.5 Å². The zero-order valence-corrected chi connectivity index (χ0v) is 8.37. The van der Waals surface area contributed by atoms with Gasteiger partial charge in [-0.25, -0.2) is 4.39 Å². The molecule has 0 N–H and O–H groups in total. The zero-order valence-electron chi connectivity index (χ0n) is 8.37. The first kappa shape index (κ1) is 9.50. The molecule has 0 unspecified atom stereocenters. The molecule has 0 aromatic rings. The smallest absolute Gasteiger partial charge is 0.125 e. The Morgan fingerprint density at radius 3 is 2.33 bits per heavy atom. The summed E-state index contributed by atoms with van der Waals surface area (Å²) in [6.07, 6.45) is 3.90. The topological polar surface area (TPSA) is 0 Å². The molecule has 1 aliphatic rings. The van der Waals surface area contributed by atoms with Crippen LogP contribution in [0, 0.1) is 5.41 Å². The van der Waals surface area contributed by atoms with Gasteiger partial charge in [0.15, 0.2) is 0 Å². The van der Waals surface area contributed by atoms with Crippen LogP contribution in [-0.2, 0) is 0 Å². The minimum Gasteiger partial charge on any atom is -0.207 e. The molecule has 0 nitrogen and oxygen atoms in total. The molecule has 0 saturated heterocycles. The number of hydrogen-bond acceptors (Lipinski definition) is 0. The van der Waals surface area contributed by atoms with Gasteiger partial charge in [-0.15, -0.1) is 0 Å². The second-order valence-electron chi connectivity index (χ2n) is 4.50. The third kappa shape index (κ3) is 1.77. The van der Waals surface area contributed by atoms with Crippen LogP contribution in [0.1, 0.15) is 40.5 Å². The summed E-state index contributed by atoms with van der Waals surface area (Å²) in [6.45, 7) is 8.04. The summed E-state index contributed by atoms with van der Waals surface area (Å²) in [5, 5.41) is 0. The molecular weight excluding hydrogens is 151 g/mol. The monoisotopic (exact) mass is 168 g/mol. The highest BCUT2D eigenvalue weighted by Crippen LogP contribution is 2.37. The predicted octanol–water partition coefficient (Wildman–Crippen LogP) is 4.00. The highest BCUT2D eigenvalue weighted by Gasteiger charge is 2.23. The minimum absolute atomic E-state index is 0.0220. The molecule has 0 aromatic heterocycles. The van der Waals surface area contributed by atoms with Crippen molar-refractivity contribution in [1.82, 2.24) is 0 Å². The molecule has 0 saturated carbocycles. The van der Waals surface area contributed by atoms with E-state index >= 15 is 0 Å². The van der Waals surface area contributed by atoms with Crippen molar-refractivity contribution in [1.29, 1.82) is 0 Å². The summed E-state index contributed by atoms with van der Waals surface area (Å²) in [7, 11) is 0. The summed E-state index contributed by atoms with van der Waals surface area (Å²) >= 11 is 0. The summed E-state index contributed by atoms with van der Waals surface area (Å²) in [4.78, 5) is 0. The lowest BCUT2D eigenvalue weighted by Gasteiger charge is -2.25. The molecule has 68 valence electrons. The maximum Gasteiger partial charge on any atom is 0.125 e. The van der Waals surface area contributed by atoms with Gasteiger partial charge < -0.3 is 0 Å². The van der Waals surface area contributed by atoms with Crippen LogP contribution < -0.4 is 0 Å². The molecule has 0 aliphatic heterocycles. The summed E-state index contributed by atoms with van der Waals surface area (Å²) in [6, 6.07) is 0. The van der Waals surface area contributed by atoms with E-state index in [1.807, 2.05) is 13.0 Å². The van der Waals surface area contributed by atoms with Crippen LogP contribution in [0.2, 0.25) is 0 Å². The average molecular weight is 168 g/mol. The van der Waals surface area contributed by atoms with Gasteiger partial charge in [-0.3, -0.25) is 0 Å². The van der Waals surface area contributed by atoms with E-state index in [9.17, 15) is 4.39 Å². The number of halogens is 1. The highest BCUT2D eigenvalue weighted by atomic mass is 19.1. The van der Waals surface area contributed by atoms with Crippen molar-refractivity contribution in [3.63, 3.8) is 0 Å². The fourth-order valence-corrected chi connectivity index (χ4v) is 1.50. The Morgan fingerprint density at radius 2 is 1.92 bits per heavy atom. The number of allylic oxidation sites excluding steroid dienone is 4. The van der Waals surface area contributed by atoms with Crippen LogP contribution in [0.25, 0.3) is 0 Å². The Balaban J connectivity index is 3.00. The fourth-order valence-electron chi connectivity index (χ4n) is 1.50. The summed E-state index contributed by atoms with van der Waals surface area (Å²) < 4.78 is 13.5. The molecule has 0 spiro atoms. The Hall–Kier alpha value is -0.590. The lowest BCUT2D eigenvalue weighted by molar-refractivity contribution is 0.461. The Kier molecular flexibility index (Phi) is 2.41. The third-order valence-corrected chi connectivity index (χ3v) is 2.29.